The molecule has 5 nitrogen and oxygen atoms in total. The molecule has 120 valence electrons. The lowest BCUT2D eigenvalue weighted by Gasteiger charge is -2.28. The Balaban J connectivity index is 1.96. The number of carboxylic acid groups (broad SMARTS) is 1. The molecule has 1 amide bonds. The summed E-state index contributed by atoms with van der Waals surface area (Å²) in [5, 5.41) is 9.50. The first kappa shape index (κ1) is 16.8. The quantitative estimate of drug-likeness (QED) is 0.866. The zero-order valence-electron chi connectivity index (χ0n) is 12.7. The number of aliphatic carboxylic acids is 1. The first-order chi connectivity index (χ1) is 10.3. The Morgan fingerprint density at radius 3 is 2.73 bits per heavy atom. The van der Waals surface area contributed by atoms with E-state index >= 15 is 0 Å². The van der Waals surface area contributed by atoms with Crippen LogP contribution in [0.2, 0.25) is 0 Å². The molecule has 0 saturated carbocycles. The van der Waals surface area contributed by atoms with Gasteiger partial charge in [-0.15, -0.1) is 0 Å². The van der Waals surface area contributed by atoms with Gasteiger partial charge in [-0.1, -0.05) is 35.8 Å². The van der Waals surface area contributed by atoms with Gasteiger partial charge in [-0.2, -0.15) is 0 Å². The van der Waals surface area contributed by atoms with Crippen LogP contribution in [0.25, 0.3) is 0 Å². The molecule has 2 rings (SSSR count). The van der Waals surface area contributed by atoms with E-state index in [0.717, 1.165) is 4.47 Å². The molecule has 1 saturated heterocycles. The van der Waals surface area contributed by atoms with Crippen molar-refractivity contribution in [1.29, 1.82) is 0 Å². The molecule has 1 aromatic carbocycles. The lowest BCUT2D eigenvalue weighted by atomic mass is 9.76. The Morgan fingerprint density at radius 2 is 2.18 bits per heavy atom. The van der Waals surface area contributed by atoms with Crippen LogP contribution >= 0.6 is 15.9 Å². The number of rotatable bonds is 5. The van der Waals surface area contributed by atoms with Gasteiger partial charge in [0.25, 0.3) is 5.91 Å². The third kappa shape index (κ3) is 3.43. The normalized spacial score (nSPS) is 21.2. The number of hydrogen-bond acceptors (Lipinski definition) is 3. The van der Waals surface area contributed by atoms with Crippen molar-refractivity contribution in [3.05, 3.63) is 28.7 Å². The number of likely N-dealkylation sites (tertiary alicyclic amines) is 1. The summed E-state index contributed by atoms with van der Waals surface area (Å²) in [7, 11) is 0. The van der Waals surface area contributed by atoms with Crippen molar-refractivity contribution in [1.82, 2.24) is 4.90 Å². The van der Waals surface area contributed by atoms with E-state index in [1.807, 2.05) is 26.0 Å². The lowest BCUT2D eigenvalue weighted by Crippen LogP contribution is -2.41. The fraction of sp³-hybridized carbons (Fsp3) is 0.500. The topological polar surface area (TPSA) is 66.8 Å². The number of carbonyl (C=O) groups is 2. The summed E-state index contributed by atoms with van der Waals surface area (Å²) in [6.45, 7) is 4.41. The maximum absolute atomic E-state index is 12.2. The monoisotopic (exact) mass is 369 g/mol. The maximum Gasteiger partial charge on any atom is 0.311 e. The van der Waals surface area contributed by atoms with Gasteiger partial charge in [0.1, 0.15) is 5.75 Å². The Kier molecular flexibility index (Phi) is 5.11. The molecule has 1 N–H and O–H groups in total. The highest BCUT2D eigenvalue weighted by atomic mass is 79.9. The third-order valence-corrected chi connectivity index (χ3v) is 4.84. The molecule has 0 spiro atoms. The molecule has 1 atom stereocenters. The van der Waals surface area contributed by atoms with E-state index in [-0.39, 0.29) is 25.0 Å². The number of hydrogen-bond donors (Lipinski definition) is 1. The molecule has 0 bridgehead atoms. The minimum Gasteiger partial charge on any atom is -0.484 e. The Bertz CT molecular complexity index is 575. The fourth-order valence-corrected chi connectivity index (χ4v) is 3.11. The van der Waals surface area contributed by atoms with Crippen LogP contribution in [0.5, 0.6) is 5.75 Å². The van der Waals surface area contributed by atoms with Crippen LogP contribution in [0.15, 0.2) is 28.7 Å². The van der Waals surface area contributed by atoms with Gasteiger partial charge in [0.05, 0.1) is 5.41 Å². The van der Waals surface area contributed by atoms with Gasteiger partial charge in [0.15, 0.2) is 6.61 Å². The van der Waals surface area contributed by atoms with Gasteiger partial charge in [-0.25, -0.2) is 0 Å². The number of ether oxygens (including phenoxy) is 1. The van der Waals surface area contributed by atoms with Crippen LogP contribution in [-0.2, 0) is 9.59 Å². The second-order valence-electron chi connectivity index (χ2n) is 5.93. The number of benzene rings is 1. The van der Waals surface area contributed by atoms with Gasteiger partial charge in [-0.3, -0.25) is 9.59 Å². The Hall–Kier alpha value is -1.56. The highest BCUT2D eigenvalue weighted by Crippen LogP contribution is 2.38. The standard InChI is InChI=1S/C16H20BrNO4/c1-11(2)16(15(20)21)6-7-18(10-16)14(19)9-22-13-5-3-4-12(17)8-13/h3-5,8,11H,6-7,9-10H2,1-2H3,(H,20,21). The molecule has 1 unspecified atom stereocenters. The fourth-order valence-electron chi connectivity index (χ4n) is 2.73. The Morgan fingerprint density at radius 1 is 1.45 bits per heavy atom. The van der Waals surface area contributed by atoms with Crippen molar-refractivity contribution in [3.8, 4) is 5.75 Å². The predicted molar refractivity (Wildman–Crippen MR) is 85.7 cm³/mol. The Labute approximate surface area is 138 Å². The minimum atomic E-state index is -0.842. The summed E-state index contributed by atoms with van der Waals surface area (Å²) in [5.41, 5.74) is -0.842. The molecule has 1 aliphatic rings. The molecule has 22 heavy (non-hydrogen) atoms. The molecule has 0 radical (unpaired) electrons. The first-order valence-corrected chi connectivity index (χ1v) is 8.04. The summed E-state index contributed by atoms with van der Waals surface area (Å²) >= 11 is 3.34. The number of nitrogens with zero attached hydrogens (tertiary/aromatic N) is 1. The van der Waals surface area contributed by atoms with E-state index in [0.29, 0.717) is 18.7 Å². The number of amides is 1. The average molecular weight is 370 g/mol. The van der Waals surface area contributed by atoms with E-state index < -0.39 is 11.4 Å². The van der Waals surface area contributed by atoms with Crippen LogP contribution in [0.1, 0.15) is 20.3 Å². The summed E-state index contributed by atoms with van der Waals surface area (Å²) in [4.78, 5) is 25.4. The van der Waals surface area contributed by atoms with E-state index in [4.69, 9.17) is 4.74 Å². The lowest BCUT2D eigenvalue weighted by molar-refractivity contribution is -0.151. The minimum absolute atomic E-state index is 0.0196. The summed E-state index contributed by atoms with van der Waals surface area (Å²) in [6, 6.07) is 7.26. The zero-order chi connectivity index (χ0) is 16.3. The van der Waals surface area contributed by atoms with Crippen LogP contribution in [0.3, 0.4) is 0 Å². The van der Waals surface area contributed by atoms with Gasteiger partial charge in [0.2, 0.25) is 0 Å². The molecule has 6 heteroatoms. The summed E-state index contributed by atoms with van der Waals surface area (Å²) < 4.78 is 6.36. The van der Waals surface area contributed by atoms with Crippen molar-refractivity contribution in [3.63, 3.8) is 0 Å². The van der Waals surface area contributed by atoms with Gasteiger partial charge >= 0.3 is 5.97 Å². The SMILES string of the molecule is CC(C)C1(C(=O)O)CCN(C(=O)COc2cccc(Br)c2)C1. The molecular weight excluding hydrogens is 350 g/mol. The number of carboxylic acids is 1. The number of carbonyl (C=O) groups excluding carboxylic acids is 1. The van der Waals surface area contributed by atoms with Crippen LogP contribution in [0.4, 0.5) is 0 Å². The maximum atomic E-state index is 12.2. The smallest absolute Gasteiger partial charge is 0.311 e. The van der Waals surface area contributed by atoms with Gasteiger partial charge in [-0.05, 0) is 30.5 Å². The van der Waals surface area contributed by atoms with Gasteiger partial charge in [0, 0.05) is 17.6 Å². The van der Waals surface area contributed by atoms with Crippen LogP contribution < -0.4 is 4.74 Å². The van der Waals surface area contributed by atoms with Crippen LogP contribution in [-0.4, -0.2) is 41.6 Å². The number of halogens is 1. The average Bonchev–Trinajstić information content (AvgIpc) is 2.91. The van der Waals surface area contributed by atoms with Crippen molar-refractivity contribution in [2.45, 2.75) is 20.3 Å². The van der Waals surface area contributed by atoms with E-state index in [1.165, 1.54) is 0 Å². The largest absolute Gasteiger partial charge is 0.484 e. The highest BCUT2D eigenvalue weighted by Gasteiger charge is 2.48. The molecule has 0 aliphatic carbocycles. The second-order valence-corrected chi connectivity index (χ2v) is 6.84. The molecule has 1 aliphatic heterocycles. The summed E-state index contributed by atoms with van der Waals surface area (Å²) in [6.07, 6.45) is 0.489. The molecule has 1 heterocycles. The highest BCUT2D eigenvalue weighted by molar-refractivity contribution is 9.10. The van der Waals surface area contributed by atoms with E-state index in [1.54, 1.807) is 17.0 Å². The molecular formula is C16H20BrNO4. The predicted octanol–water partition coefficient (Wildman–Crippen LogP) is 2.79. The van der Waals surface area contributed by atoms with Crippen molar-refractivity contribution in [2.24, 2.45) is 11.3 Å². The van der Waals surface area contributed by atoms with Crippen LogP contribution in [0, 0.1) is 11.3 Å². The molecule has 1 aromatic rings. The van der Waals surface area contributed by atoms with E-state index in [2.05, 4.69) is 15.9 Å². The third-order valence-electron chi connectivity index (χ3n) is 4.34. The first-order valence-electron chi connectivity index (χ1n) is 7.25. The van der Waals surface area contributed by atoms with Crippen molar-refractivity contribution >= 4 is 27.8 Å². The van der Waals surface area contributed by atoms with Crippen molar-refractivity contribution in [2.75, 3.05) is 19.7 Å². The molecule has 1 fully saturated rings. The second kappa shape index (κ2) is 6.69. The van der Waals surface area contributed by atoms with Gasteiger partial charge < -0.3 is 14.7 Å². The van der Waals surface area contributed by atoms with Crippen molar-refractivity contribution < 1.29 is 19.4 Å². The summed E-state index contributed by atoms with van der Waals surface area (Å²) in [5.74, 6) is -0.418. The van der Waals surface area contributed by atoms with E-state index in [9.17, 15) is 14.7 Å². The zero-order valence-corrected chi connectivity index (χ0v) is 14.3. The molecule has 0 aromatic heterocycles.